The van der Waals surface area contributed by atoms with Crippen molar-refractivity contribution in [1.82, 2.24) is 15.0 Å². The van der Waals surface area contributed by atoms with Crippen LogP contribution in [0, 0.1) is 6.92 Å². The number of aliphatic carboxylic acids is 1. The lowest BCUT2D eigenvalue weighted by Gasteiger charge is -2.33. The van der Waals surface area contributed by atoms with Gasteiger partial charge in [0.2, 0.25) is 0 Å². The van der Waals surface area contributed by atoms with Crippen LogP contribution in [0.4, 0.5) is 0 Å². The number of piperazine rings is 1. The van der Waals surface area contributed by atoms with Crippen molar-refractivity contribution in [2.24, 2.45) is 0 Å². The van der Waals surface area contributed by atoms with Crippen LogP contribution in [-0.4, -0.2) is 64.7 Å². The van der Waals surface area contributed by atoms with Crippen LogP contribution in [-0.2, 0) is 4.79 Å². The predicted octanol–water partition coefficient (Wildman–Crippen LogP) is 0.949. The SMILES string of the molecule is Cc1noc(C(C)C)c1C(=O)N1CCN(CC(=O)O)CC1. The fourth-order valence-electron chi connectivity index (χ4n) is 2.50. The Morgan fingerprint density at radius 3 is 2.43 bits per heavy atom. The van der Waals surface area contributed by atoms with E-state index in [9.17, 15) is 9.59 Å². The Labute approximate surface area is 123 Å². The highest BCUT2D eigenvalue weighted by Gasteiger charge is 2.29. The summed E-state index contributed by atoms with van der Waals surface area (Å²) in [6, 6.07) is 0. The fourth-order valence-corrected chi connectivity index (χ4v) is 2.50. The van der Waals surface area contributed by atoms with E-state index in [0.29, 0.717) is 43.2 Å². The van der Waals surface area contributed by atoms with Crippen LogP contribution in [0.15, 0.2) is 4.52 Å². The predicted molar refractivity (Wildman–Crippen MR) is 75.3 cm³/mol. The first-order chi connectivity index (χ1) is 9.90. The molecule has 1 fully saturated rings. The fraction of sp³-hybridized carbons (Fsp3) is 0.643. The van der Waals surface area contributed by atoms with E-state index in [1.54, 1.807) is 11.8 Å². The van der Waals surface area contributed by atoms with Gasteiger partial charge in [0, 0.05) is 32.1 Å². The van der Waals surface area contributed by atoms with Gasteiger partial charge in [0.25, 0.3) is 5.91 Å². The van der Waals surface area contributed by atoms with E-state index in [4.69, 9.17) is 9.63 Å². The van der Waals surface area contributed by atoms with E-state index in [-0.39, 0.29) is 18.4 Å². The molecule has 0 atom stereocenters. The number of nitrogens with zero attached hydrogens (tertiary/aromatic N) is 3. The summed E-state index contributed by atoms with van der Waals surface area (Å²) in [5.74, 6) is -0.205. The van der Waals surface area contributed by atoms with Crippen LogP contribution in [0.2, 0.25) is 0 Å². The van der Waals surface area contributed by atoms with Gasteiger partial charge in [-0.2, -0.15) is 0 Å². The average Bonchev–Trinajstić information content (AvgIpc) is 2.80. The van der Waals surface area contributed by atoms with Crippen LogP contribution in [0.25, 0.3) is 0 Å². The Balaban J connectivity index is 2.06. The zero-order valence-electron chi connectivity index (χ0n) is 12.6. The molecule has 0 radical (unpaired) electrons. The zero-order valence-corrected chi connectivity index (χ0v) is 12.6. The topological polar surface area (TPSA) is 86.9 Å². The number of carbonyl (C=O) groups excluding carboxylic acids is 1. The molecule has 0 spiro atoms. The number of hydrogen-bond donors (Lipinski definition) is 1. The molecule has 21 heavy (non-hydrogen) atoms. The lowest BCUT2D eigenvalue weighted by Crippen LogP contribution is -2.50. The number of aryl methyl sites for hydroxylation is 1. The van der Waals surface area contributed by atoms with E-state index in [0.717, 1.165) is 0 Å². The summed E-state index contributed by atoms with van der Waals surface area (Å²) in [7, 11) is 0. The normalized spacial score (nSPS) is 16.5. The van der Waals surface area contributed by atoms with E-state index in [2.05, 4.69) is 5.16 Å². The number of hydrogen-bond acceptors (Lipinski definition) is 5. The van der Waals surface area contributed by atoms with Gasteiger partial charge in [0.05, 0.1) is 12.2 Å². The molecular formula is C14H21N3O4. The maximum absolute atomic E-state index is 12.6. The number of aromatic nitrogens is 1. The van der Waals surface area contributed by atoms with Crippen molar-refractivity contribution in [2.75, 3.05) is 32.7 Å². The summed E-state index contributed by atoms with van der Waals surface area (Å²) in [4.78, 5) is 26.9. The van der Waals surface area contributed by atoms with E-state index >= 15 is 0 Å². The van der Waals surface area contributed by atoms with Crippen molar-refractivity contribution in [1.29, 1.82) is 0 Å². The second-order valence-electron chi connectivity index (χ2n) is 5.62. The number of rotatable bonds is 4. The molecule has 0 aliphatic carbocycles. The first-order valence-corrected chi connectivity index (χ1v) is 7.09. The third kappa shape index (κ3) is 3.41. The monoisotopic (exact) mass is 295 g/mol. The van der Waals surface area contributed by atoms with Crippen LogP contribution in [0.5, 0.6) is 0 Å². The lowest BCUT2D eigenvalue weighted by molar-refractivity contribution is -0.138. The third-order valence-electron chi connectivity index (χ3n) is 3.65. The molecular weight excluding hydrogens is 274 g/mol. The quantitative estimate of drug-likeness (QED) is 0.890. The number of amides is 1. The van der Waals surface area contributed by atoms with Gasteiger partial charge in [0.1, 0.15) is 5.56 Å². The van der Waals surface area contributed by atoms with Crippen molar-refractivity contribution in [3.05, 3.63) is 17.0 Å². The summed E-state index contributed by atoms with van der Waals surface area (Å²) in [6.07, 6.45) is 0. The standard InChI is InChI=1S/C14H21N3O4/c1-9(2)13-12(10(3)15-21-13)14(20)17-6-4-16(5-7-17)8-11(18)19/h9H,4-8H2,1-3H3,(H,18,19). The Morgan fingerprint density at radius 1 is 1.29 bits per heavy atom. The molecule has 1 aliphatic heterocycles. The molecule has 116 valence electrons. The van der Waals surface area contributed by atoms with Crippen molar-refractivity contribution in [3.8, 4) is 0 Å². The lowest BCUT2D eigenvalue weighted by atomic mass is 10.0. The van der Waals surface area contributed by atoms with Gasteiger partial charge in [-0.05, 0) is 6.92 Å². The van der Waals surface area contributed by atoms with Gasteiger partial charge in [-0.25, -0.2) is 0 Å². The minimum absolute atomic E-state index is 0.0194. The maximum Gasteiger partial charge on any atom is 0.317 e. The molecule has 0 unspecified atom stereocenters. The minimum Gasteiger partial charge on any atom is -0.480 e. The van der Waals surface area contributed by atoms with Crippen LogP contribution in [0.1, 0.15) is 41.6 Å². The maximum atomic E-state index is 12.6. The molecule has 7 nitrogen and oxygen atoms in total. The van der Waals surface area contributed by atoms with Gasteiger partial charge in [-0.1, -0.05) is 19.0 Å². The van der Waals surface area contributed by atoms with E-state index < -0.39 is 5.97 Å². The number of carboxylic acids is 1. The summed E-state index contributed by atoms with van der Waals surface area (Å²) >= 11 is 0. The Kier molecular flexibility index (Phi) is 4.62. The summed E-state index contributed by atoms with van der Waals surface area (Å²) in [5.41, 5.74) is 1.16. The molecule has 2 heterocycles. The largest absolute Gasteiger partial charge is 0.480 e. The van der Waals surface area contributed by atoms with Gasteiger partial charge in [-0.15, -0.1) is 0 Å². The van der Waals surface area contributed by atoms with Gasteiger partial charge >= 0.3 is 5.97 Å². The van der Waals surface area contributed by atoms with E-state index in [1.807, 2.05) is 18.7 Å². The summed E-state index contributed by atoms with van der Waals surface area (Å²) in [6.45, 7) is 7.89. The molecule has 1 aromatic rings. The second kappa shape index (κ2) is 6.26. The van der Waals surface area contributed by atoms with Crippen molar-refractivity contribution >= 4 is 11.9 Å². The molecule has 0 aromatic carbocycles. The number of carboxylic acid groups (broad SMARTS) is 1. The minimum atomic E-state index is -0.841. The number of carbonyl (C=O) groups is 2. The highest BCUT2D eigenvalue weighted by Crippen LogP contribution is 2.24. The molecule has 1 aliphatic rings. The first kappa shape index (κ1) is 15.5. The van der Waals surface area contributed by atoms with Crippen molar-refractivity contribution in [3.63, 3.8) is 0 Å². The van der Waals surface area contributed by atoms with Gasteiger partial charge in [0.15, 0.2) is 5.76 Å². The smallest absolute Gasteiger partial charge is 0.317 e. The average molecular weight is 295 g/mol. The Bertz CT molecular complexity index is 530. The summed E-state index contributed by atoms with van der Waals surface area (Å²) < 4.78 is 5.26. The molecule has 7 heteroatoms. The van der Waals surface area contributed by atoms with Crippen molar-refractivity contribution < 1.29 is 19.2 Å². The van der Waals surface area contributed by atoms with Crippen LogP contribution < -0.4 is 0 Å². The van der Waals surface area contributed by atoms with Crippen LogP contribution >= 0.6 is 0 Å². The van der Waals surface area contributed by atoms with Crippen molar-refractivity contribution in [2.45, 2.75) is 26.7 Å². The molecule has 0 saturated carbocycles. The molecule has 0 bridgehead atoms. The summed E-state index contributed by atoms with van der Waals surface area (Å²) in [5, 5.41) is 12.7. The zero-order chi connectivity index (χ0) is 15.6. The molecule has 1 N–H and O–H groups in total. The van der Waals surface area contributed by atoms with Gasteiger partial charge < -0.3 is 14.5 Å². The molecule has 2 rings (SSSR count). The molecule has 1 amide bonds. The first-order valence-electron chi connectivity index (χ1n) is 7.09. The Morgan fingerprint density at radius 2 is 1.90 bits per heavy atom. The third-order valence-corrected chi connectivity index (χ3v) is 3.65. The van der Waals surface area contributed by atoms with Gasteiger partial charge in [-0.3, -0.25) is 14.5 Å². The van der Waals surface area contributed by atoms with Crippen LogP contribution in [0.3, 0.4) is 0 Å². The van der Waals surface area contributed by atoms with E-state index in [1.165, 1.54) is 0 Å². The highest BCUT2D eigenvalue weighted by molar-refractivity contribution is 5.96. The molecule has 1 aromatic heterocycles. The Hall–Kier alpha value is -1.89. The highest BCUT2D eigenvalue weighted by atomic mass is 16.5. The second-order valence-corrected chi connectivity index (χ2v) is 5.62. The molecule has 1 saturated heterocycles.